The van der Waals surface area contributed by atoms with Gasteiger partial charge >= 0.3 is 7.62 Å². The summed E-state index contributed by atoms with van der Waals surface area (Å²) in [4.78, 5) is 0. The minimum absolute atomic E-state index is 1.50. The van der Waals surface area contributed by atoms with Crippen LogP contribution >= 0.6 is 0 Å². The van der Waals surface area contributed by atoms with Crippen molar-refractivity contribution >= 4 is 7.62 Å². The lowest BCUT2D eigenvalue weighted by molar-refractivity contribution is 0.436. The molecule has 0 aliphatic heterocycles. The van der Waals surface area contributed by atoms with Gasteiger partial charge < -0.3 is 9.88 Å². The van der Waals surface area contributed by atoms with E-state index in [1.807, 2.05) is 25.2 Å². The Morgan fingerprint density at radius 2 is 2.22 bits per heavy atom. The zero-order valence-corrected chi connectivity index (χ0v) is 5.79. The molecule has 2 nitrogen and oxygen atoms in total. The predicted octanol–water partition coefficient (Wildman–Crippen LogP) is 0.846. The second kappa shape index (κ2) is 7.30. The molecule has 0 bridgehead atoms. The quantitative estimate of drug-likeness (QED) is 0.340. The molecule has 0 saturated carbocycles. The largest absolute Gasteiger partial charge is 0.435 e. The maximum atomic E-state index is 4.61. The van der Waals surface area contributed by atoms with Gasteiger partial charge in [0.1, 0.15) is 0 Å². The van der Waals surface area contributed by atoms with Crippen LogP contribution < -0.4 is 5.23 Å². The summed E-state index contributed by atoms with van der Waals surface area (Å²) in [5.41, 5.74) is 0. The Labute approximate surface area is 56.9 Å². The molecule has 0 spiro atoms. The maximum Gasteiger partial charge on any atom is 0.435 e. The Morgan fingerprint density at radius 3 is 2.78 bits per heavy atom. The summed E-state index contributed by atoms with van der Waals surface area (Å²) in [6, 6.07) is 0. The first kappa shape index (κ1) is 8.30. The first-order valence-corrected chi connectivity index (χ1v) is 2.80. The second-order valence-corrected chi connectivity index (χ2v) is 1.41. The summed E-state index contributed by atoms with van der Waals surface area (Å²) in [5.74, 6) is 0. The Kier molecular flexibility index (Phi) is 6.74. The van der Waals surface area contributed by atoms with Crippen molar-refractivity contribution < 1.29 is 4.65 Å². The lowest BCUT2D eigenvalue weighted by Gasteiger charge is -1.89. The van der Waals surface area contributed by atoms with Gasteiger partial charge in [-0.3, -0.25) is 0 Å². The molecule has 0 heterocycles. The molecule has 0 fully saturated rings. The van der Waals surface area contributed by atoms with Gasteiger partial charge in [-0.25, -0.2) is 0 Å². The van der Waals surface area contributed by atoms with E-state index >= 15 is 0 Å². The molecule has 0 amide bonds. The van der Waals surface area contributed by atoms with Gasteiger partial charge in [-0.15, -0.1) is 0 Å². The van der Waals surface area contributed by atoms with E-state index in [9.17, 15) is 0 Å². The van der Waals surface area contributed by atoms with E-state index in [0.717, 1.165) is 0 Å². The molecule has 0 saturated heterocycles. The van der Waals surface area contributed by atoms with Crippen molar-refractivity contribution in [1.82, 2.24) is 5.23 Å². The molecular weight excluding hydrogens is 113 g/mol. The van der Waals surface area contributed by atoms with E-state index in [1.165, 1.54) is 7.62 Å². The highest BCUT2D eigenvalue weighted by atomic mass is 16.4. The molecule has 0 rings (SSSR count). The summed E-state index contributed by atoms with van der Waals surface area (Å²) in [6.07, 6.45) is 7.54. The van der Waals surface area contributed by atoms with E-state index < -0.39 is 0 Å². The van der Waals surface area contributed by atoms with Crippen molar-refractivity contribution in [3.8, 4) is 0 Å². The van der Waals surface area contributed by atoms with E-state index in [1.54, 1.807) is 13.3 Å². The zero-order valence-electron chi connectivity index (χ0n) is 5.79. The molecule has 0 aliphatic rings. The summed E-state index contributed by atoms with van der Waals surface area (Å²) >= 11 is 0. The van der Waals surface area contributed by atoms with Crippen LogP contribution in [0.2, 0.25) is 0 Å². The minimum Gasteiger partial charge on any atom is -0.422 e. The van der Waals surface area contributed by atoms with Crippen LogP contribution in [0.4, 0.5) is 0 Å². The van der Waals surface area contributed by atoms with Gasteiger partial charge in [0.05, 0.1) is 0 Å². The fourth-order valence-electron chi connectivity index (χ4n) is 0.330. The fourth-order valence-corrected chi connectivity index (χ4v) is 0.330. The molecule has 1 N–H and O–H groups in total. The Hall–Kier alpha value is -0.695. The highest BCUT2D eigenvalue weighted by Crippen LogP contribution is 1.70. The molecule has 0 atom stereocenters. The van der Waals surface area contributed by atoms with Crippen molar-refractivity contribution in [2.75, 3.05) is 7.11 Å². The number of allylic oxidation sites excluding steroid dienone is 3. The molecule has 0 aromatic heterocycles. The van der Waals surface area contributed by atoms with E-state index in [-0.39, 0.29) is 0 Å². The molecule has 0 aromatic carbocycles. The van der Waals surface area contributed by atoms with Gasteiger partial charge in [0.15, 0.2) is 0 Å². The third-order valence-electron chi connectivity index (χ3n) is 0.682. The van der Waals surface area contributed by atoms with Gasteiger partial charge in [0.2, 0.25) is 0 Å². The standard InChI is InChI=1S/C6H11BNO/c1-3-4-5-6-8-7-9-2/h3-6,8H,1-2H3/b4-3-,6-5-. The fraction of sp³-hybridized carbons (Fsp3) is 0.333. The first-order valence-electron chi connectivity index (χ1n) is 2.80. The van der Waals surface area contributed by atoms with Gasteiger partial charge in [-0.05, 0) is 19.2 Å². The number of hydrogen-bond acceptors (Lipinski definition) is 2. The van der Waals surface area contributed by atoms with Gasteiger partial charge in [-0.2, -0.15) is 0 Å². The highest BCUT2D eigenvalue weighted by Gasteiger charge is 1.76. The monoisotopic (exact) mass is 124 g/mol. The molecule has 0 aromatic rings. The Morgan fingerprint density at radius 1 is 1.44 bits per heavy atom. The molecule has 0 unspecified atom stereocenters. The first-order chi connectivity index (χ1) is 4.41. The third kappa shape index (κ3) is 7.30. The SMILES string of the molecule is C/C=C\C=C/N[B]OC. The van der Waals surface area contributed by atoms with E-state index in [0.29, 0.717) is 0 Å². The number of nitrogens with one attached hydrogen (secondary N) is 1. The van der Waals surface area contributed by atoms with Crippen LogP contribution in [-0.2, 0) is 4.65 Å². The highest BCUT2D eigenvalue weighted by molar-refractivity contribution is 6.23. The van der Waals surface area contributed by atoms with Gasteiger partial charge in [-0.1, -0.05) is 12.2 Å². The topological polar surface area (TPSA) is 21.3 Å². The average molecular weight is 124 g/mol. The van der Waals surface area contributed by atoms with Crippen molar-refractivity contribution in [2.45, 2.75) is 6.92 Å². The molecule has 9 heavy (non-hydrogen) atoms. The summed E-state index contributed by atoms with van der Waals surface area (Å²) in [6.45, 7) is 1.96. The van der Waals surface area contributed by atoms with Crippen LogP contribution in [0, 0.1) is 0 Å². The second-order valence-electron chi connectivity index (χ2n) is 1.41. The number of hydrogen-bond donors (Lipinski definition) is 1. The normalized spacial score (nSPS) is 10.9. The van der Waals surface area contributed by atoms with Crippen LogP contribution in [0.3, 0.4) is 0 Å². The van der Waals surface area contributed by atoms with E-state index in [4.69, 9.17) is 0 Å². The van der Waals surface area contributed by atoms with Crippen molar-refractivity contribution in [3.63, 3.8) is 0 Å². The van der Waals surface area contributed by atoms with Crippen molar-refractivity contribution in [3.05, 3.63) is 24.4 Å². The van der Waals surface area contributed by atoms with E-state index in [2.05, 4.69) is 9.88 Å². The van der Waals surface area contributed by atoms with Crippen molar-refractivity contribution in [1.29, 1.82) is 0 Å². The smallest absolute Gasteiger partial charge is 0.422 e. The van der Waals surface area contributed by atoms with Gasteiger partial charge in [0, 0.05) is 7.11 Å². The zero-order chi connectivity index (χ0) is 6.95. The number of rotatable bonds is 4. The lowest BCUT2D eigenvalue weighted by atomic mass is 10.3. The summed E-state index contributed by atoms with van der Waals surface area (Å²) in [7, 11) is 3.09. The average Bonchev–Trinajstić information content (AvgIpc) is 1.89. The molecule has 3 heteroatoms. The maximum absolute atomic E-state index is 4.61. The van der Waals surface area contributed by atoms with Crippen LogP contribution in [0.5, 0.6) is 0 Å². The predicted molar refractivity (Wildman–Crippen MR) is 39.9 cm³/mol. The Balaban J connectivity index is 3.04. The molecular formula is C6H11BNO. The van der Waals surface area contributed by atoms with Crippen LogP contribution in [0.25, 0.3) is 0 Å². The van der Waals surface area contributed by atoms with Gasteiger partial charge in [0.25, 0.3) is 0 Å². The van der Waals surface area contributed by atoms with Crippen LogP contribution in [0.1, 0.15) is 6.92 Å². The minimum atomic E-state index is 1.50. The Bertz CT molecular complexity index is 101. The molecule has 0 aliphatic carbocycles. The van der Waals surface area contributed by atoms with Crippen LogP contribution in [0.15, 0.2) is 24.4 Å². The molecule has 49 valence electrons. The molecule has 1 radical (unpaired) electrons. The van der Waals surface area contributed by atoms with Crippen LogP contribution in [-0.4, -0.2) is 14.7 Å². The summed E-state index contributed by atoms with van der Waals surface area (Å²) < 4.78 is 4.61. The van der Waals surface area contributed by atoms with Crippen molar-refractivity contribution in [2.24, 2.45) is 0 Å². The lowest BCUT2D eigenvalue weighted by Crippen LogP contribution is -2.12. The third-order valence-corrected chi connectivity index (χ3v) is 0.682. The summed E-state index contributed by atoms with van der Waals surface area (Å²) in [5, 5.41) is 2.79.